The third-order valence-corrected chi connectivity index (χ3v) is 4.99. The summed E-state index contributed by atoms with van der Waals surface area (Å²) < 4.78 is 0. The smallest absolute Gasteiger partial charge is 0.326 e. The zero-order valence-corrected chi connectivity index (χ0v) is 20.2. The SMILES string of the molecule is CC(N)C(=O)NC(Cc1ccc(O)cc1)C(=O)NC(CC(=O)O)C(=O)NC(CCCN=C(N)N)C(=O)O. The standard InChI is InChI=1S/C22H33N7O8/c1-11(23)18(33)28-15(9-12-4-6-13(30)7-5-12)19(34)29-16(10-17(31)32)20(35)27-14(21(36)37)3-2-8-26-22(24)25/h4-7,11,14-16,30H,2-3,8-10,23H2,1H3,(H,27,35)(H,28,33)(H,29,34)(H,31,32)(H,36,37)(H4,24,25,26). The number of carboxylic acids is 2. The number of hydrogen-bond acceptors (Lipinski definition) is 8. The van der Waals surface area contributed by atoms with E-state index in [1.54, 1.807) is 0 Å². The van der Waals surface area contributed by atoms with Gasteiger partial charge in [-0.25, -0.2) is 4.79 Å². The number of aliphatic imine (C=N–C) groups is 1. The highest BCUT2D eigenvalue weighted by molar-refractivity contribution is 5.95. The molecule has 3 amide bonds. The number of nitrogens with one attached hydrogen (secondary N) is 3. The van der Waals surface area contributed by atoms with Gasteiger partial charge in [-0.2, -0.15) is 0 Å². The molecule has 12 N–H and O–H groups in total. The zero-order valence-electron chi connectivity index (χ0n) is 20.2. The van der Waals surface area contributed by atoms with E-state index in [1.165, 1.54) is 31.2 Å². The maximum Gasteiger partial charge on any atom is 0.326 e. The number of phenols is 1. The fourth-order valence-electron chi connectivity index (χ4n) is 3.07. The van der Waals surface area contributed by atoms with Crippen molar-refractivity contribution in [3.8, 4) is 5.75 Å². The van der Waals surface area contributed by atoms with Gasteiger partial charge in [0, 0.05) is 13.0 Å². The molecule has 4 atom stereocenters. The van der Waals surface area contributed by atoms with E-state index in [9.17, 15) is 39.3 Å². The molecule has 15 heteroatoms. The number of carboxylic acid groups (broad SMARTS) is 2. The van der Waals surface area contributed by atoms with Crippen molar-refractivity contribution in [2.45, 2.75) is 56.8 Å². The van der Waals surface area contributed by atoms with Gasteiger partial charge in [-0.05, 0) is 37.5 Å². The maximum absolute atomic E-state index is 13.0. The minimum atomic E-state index is -1.65. The van der Waals surface area contributed by atoms with E-state index in [0.29, 0.717) is 5.56 Å². The Morgan fingerprint density at radius 1 is 0.892 bits per heavy atom. The molecule has 37 heavy (non-hydrogen) atoms. The topological polar surface area (TPSA) is 273 Å². The largest absolute Gasteiger partial charge is 0.508 e. The Kier molecular flexibility index (Phi) is 12.3. The monoisotopic (exact) mass is 523 g/mol. The summed E-state index contributed by atoms with van der Waals surface area (Å²) in [5, 5.41) is 35.0. The predicted octanol–water partition coefficient (Wildman–Crippen LogP) is -2.65. The van der Waals surface area contributed by atoms with E-state index >= 15 is 0 Å². The lowest BCUT2D eigenvalue weighted by Crippen LogP contribution is -2.57. The van der Waals surface area contributed by atoms with E-state index in [0.717, 1.165) is 0 Å². The van der Waals surface area contributed by atoms with Crippen LogP contribution < -0.4 is 33.2 Å². The second-order valence-corrected chi connectivity index (χ2v) is 8.23. The van der Waals surface area contributed by atoms with Crippen LogP contribution in [0.5, 0.6) is 5.75 Å². The first-order valence-electron chi connectivity index (χ1n) is 11.2. The van der Waals surface area contributed by atoms with Crippen molar-refractivity contribution in [2.75, 3.05) is 6.54 Å². The van der Waals surface area contributed by atoms with Crippen LogP contribution >= 0.6 is 0 Å². The molecule has 0 spiro atoms. The molecule has 0 heterocycles. The molecule has 0 bridgehead atoms. The average molecular weight is 524 g/mol. The van der Waals surface area contributed by atoms with Crippen LogP contribution in [0.3, 0.4) is 0 Å². The van der Waals surface area contributed by atoms with Crippen molar-refractivity contribution in [2.24, 2.45) is 22.2 Å². The van der Waals surface area contributed by atoms with Crippen molar-refractivity contribution in [3.05, 3.63) is 29.8 Å². The van der Waals surface area contributed by atoms with Crippen molar-refractivity contribution in [1.29, 1.82) is 0 Å². The highest BCUT2D eigenvalue weighted by Gasteiger charge is 2.31. The summed E-state index contributed by atoms with van der Waals surface area (Å²) in [6, 6.07) is 0.476. The third kappa shape index (κ3) is 11.7. The second-order valence-electron chi connectivity index (χ2n) is 8.23. The van der Waals surface area contributed by atoms with Gasteiger partial charge in [0.15, 0.2) is 5.96 Å². The van der Waals surface area contributed by atoms with Crippen LogP contribution in [0.1, 0.15) is 31.7 Å². The number of rotatable bonds is 15. The maximum atomic E-state index is 13.0. The summed E-state index contributed by atoms with van der Waals surface area (Å²) in [5.74, 6) is -5.64. The first-order valence-corrected chi connectivity index (χ1v) is 11.2. The molecule has 204 valence electrons. The molecule has 0 aliphatic carbocycles. The molecule has 0 aliphatic heterocycles. The number of hydrogen-bond donors (Lipinski definition) is 9. The minimum Gasteiger partial charge on any atom is -0.508 e. The fourth-order valence-corrected chi connectivity index (χ4v) is 3.07. The van der Waals surface area contributed by atoms with Crippen LogP contribution in [-0.4, -0.2) is 81.7 Å². The van der Waals surface area contributed by atoms with Crippen molar-refractivity contribution in [1.82, 2.24) is 16.0 Å². The Bertz CT molecular complexity index is 993. The van der Waals surface area contributed by atoms with E-state index in [-0.39, 0.29) is 37.5 Å². The molecule has 1 rings (SSSR count). The van der Waals surface area contributed by atoms with E-state index in [2.05, 4.69) is 20.9 Å². The van der Waals surface area contributed by atoms with Gasteiger partial charge in [0.1, 0.15) is 23.9 Å². The Morgan fingerprint density at radius 3 is 1.95 bits per heavy atom. The molecule has 0 aliphatic rings. The first kappa shape index (κ1) is 30.6. The van der Waals surface area contributed by atoms with E-state index < -0.39 is 60.2 Å². The molecular weight excluding hydrogens is 490 g/mol. The lowest BCUT2D eigenvalue weighted by atomic mass is 10.0. The van der Waals surface area contributed by atoms with Gasteiger partial charge >= 0.3 is 11.9 Å². The van der Waals surface area contributed by atoms with Gasteiger partial charge in [0.05, 0.1) is 12.5 Å². The van der Waals surface area contributed by atoms with Crippen molar-refractivity contribution < 1.29 is 39.3 Å². The molecule has 15 nitrogen and oxygen atoms in total. The molecule has 0 fully saturated rings. The van der Waals surface area contributed by atoms with Gasteiger partial charge in [-0.3, -0.25) is 24.2 Å². The summed E-state index contributed by atoms with van der Waals surface area (Å²) in [6.07, 6.45) is -0.803. The van der Waals surface area contributed by atoms with Crippen LogP contribution in [0.2, 0.25) is 0 Å². The molecular formula is C22H33N7O8. The number of benzene rings is 1. The fraction of sp³-hybridized carbons (Fsp3) is 0.455. The number of nitrogens with zero attached hydrogens (tertiary/aromatic N) is 1. The highest BCUT2D eigenvalue weighted by Crippen LogP contribution is 2.12. The third-order valence-electron chi connectivity index (χ3n) is 4.99. The molecule has 1 aromatic carbocycles. The number of amides is 3. The number of carbonyl (C=O) groups is 5. The van der Waals surface area contributed by atoms with Crippen LogP contribution in [0.4, 0.5) is 0 Å². The number of aliphatic carboxylic acids is 2. The van der Waals surface area contributed by atoms with Crippen molar-refractivity contribution >= 4 is 35.6 Å². The molecule has 0 aromatic heterocycles. The van der Waals surface area contributed by atoms with Gasteiger partial charge in [0.2, 0.25) is 17.7 Å². The summed E-state index contributed by atoms with van der Waals surface area (Å²) in [7, 11) is 0. The van der Waals surface area contributed by atoms with E-state index in [1.807, 2.05) is 0 Å². The Balaban J connectivity index is 3.04. The van der Waals surface area contributed by atoms with Gasteiger partial charge in [0.25, 0.3) is 0 Å². The summed E-state index contributed by atoms with van der Waals surface area (Å²) in [5.41, 5.74) is 16.5. The lowest BCUT2D eigenvalue weighted by molar-refractivity contribution is -0.143. The number of phenolic OH excluding ortho intramolecular Hbond substituents is 1. The van der Waals surface area contributed by atoms with Crippen LogP contribution in [0.25, 0.3) is 0 Å². The minimum absolute atomic E-state index is 0.0196. The Hall–Kier alpha value is -4.40. The number of carbonyl (C=O) groups excluding carboxylic acids is 3. The number of guanidine groups is 1. The van der Waals surface area contributed by atoms with Gasteiger partial charge < -0.3 is 48.5 Å². The normalized spacial score (nSPS) is 13.8. The molecule has 4 unspecified atom stereocenters. The average Bonchev–Trinajstić information content (AvgIpc) is 2.80. The summed E-state index contributed by atoms with van der Waals surface area (Å²) in [6.45, 7) is 1.50. The number of nitrogens with two attached hydrogens (primary N) is 3. The van der Waals surface area contributed by atoms with Crippen LogP contribution in [-0.2, 0) is 30.4 Å². The van der Waals surface area contributed by atoms with E-state index in [4.69, 9.17) is 17.2 Å². The van der Waals surface area contributed by atoms with Crippen LogP contribution in [0, 0.1) is 0 Å². The quantitative estimate of drug-likeness (QED) is 0.0650. The van der Waals surface area contributed by atoms with Gasteiger partial charge in [-0.15, -0.1) is 0 Å². The lowest BCUT2D eigenvalue weighted by Gasteiger charge is -2.24. The van der Waals surface area contributed by atoms with Crippen LogP contribution in [0.15, 0.2) is 29.3 Å². The highest BCUT2D eigenvalue weighted by atomic mass is 16.4. The Labute approximate surface area is 212 Å². The second kappa shape index (κ2) is 14.9. The first-order chi connectivity index (χ1) is 17.3. The Morgan fingerprint density at radius 2 is 1.43 bits per heavy atom. The molecule has 1 aromatic rings. The molecule has 0 saturated heterocycles. The summed E-state index contributed by atoms with van der Waals surface area (Å²) >= 11 is 0. The number of aromatic hydroxyl groups is 1. The summed E-state index contributed by atoms with van der Waals surface area (Å²) in [4.78, 5) is 64.6. The molecule has 0 radical (unpaired) electrons. The van der Waals surface area contributed by atoms with Gasteiger partial charge in [-0.1, -0.05) is 12.1 Å². The molecule has 0 saturated carbocycles. The van der Waals surface area contributed by atoms with Crippen molar-refractivity contribution in [3.63, 3.8) is 0 Å². The predicted molar refractivity (Wildman–Crippen MR) is 131 cm³/mol. The zero-order chi connectivity index (χ0) is 28.1.